The Labute approximate surface area is 164 Å². The molecule has 0 heterocycles. The van der Waals surface area contributed by atoms with Crippen molar-refractivity contribution in [3.63, 3.8) is 0 Å². The molecule has 28 heavy (non-hydrogen) atoms. The highest BCUT2D eigenvalue weighted by Gasteiger charge is 2.31. The van der Waals surface area contributed by atoms with E-state index in [0.29, 0.717) is 0 Å². The SMILES string of the molecule is C=CC(=O)Oc1c(OCCOC)cccc1Oc1ccc(C(F)(F)F)cc1Cl. The van der Waals surface area contributed by atoms with Gasteiger partial charge in [0.25, 0.3) is 0 Å². The minimum Gasteiger partial charge on any atom is -0.487 e. The van der Waals surface area contributed by atoms with Gasteiger partial charge in [0, 0.05) is 13.2 Å². The van der Waals surface area contributed by atoms with Crippen molar-refractivity contribution in [3.8, 4) is 23.0 Å². The molecule has 9 heteroatoms. The Bertz CT molecular complexity index is 852. The lowest BCUT2D eigenvalue weighted by molar-refractivity contribution is -0.137. The number of halogens is 4. The highest BCUT2D eigenvalue weighted by atomic mass is 35.5. The third-order valence-electron chi connectivity index (χ3n) is 3.34. The number of ether oxygens (including phenoxy) is 4. The smallest absolute Gasteiger partial charge is 0.416 e. The molecule has 0 spiro atoms. The molecule has 0 unspecified atom stereocenters. The zero-order valence-electron chi connectivity index (χ0n) is 14.7. The number of alkyl halides is 3. The van der Waals surface area contributed by atoms with Crippen LogP contribution in [0.1, 0.15) is 5.56 Å². The molecular formula is C19H16ClF3O5. The van der Waals surface area contributed by atoms with Crippen LogP contribution >= 0.6 is 11.6 Å². The van der Waals surface area contributed by atoms with Crippen LogP contribution in [0.2, 0.25) is 5.02 Å². The van der Waals surface area contributed by atoms with E-state index in [2.05, 4.69) is 6.58 Å². The van der Waals surface area contributed by atoms with Gasteiger partial charge >= 0.3 is 12.1 Å². The number of methoxy groups -OCH3 is 1. The Morgan fingerprint density at radius 1 is 1.14 bits per heavy atom. The van der Waals surface area contributed by atoms with Gasteiger partial charge in [-0.25, -0.2) is 4.79 Å². The molecule has 0 atom stereocenters. The molecule has 0 saturated heterocycles. The second kappa shape index (κ2) is 9.48. The maximum Gasteiger partial charge on any atom is 0.416 e. The van der Waals surface area contributed by atoms with Crippen LogP contribution in [0.5, 0.6) is 23.0 Å². The van der Waals surface area contributed by atoms with Gasteiger partial charge in [0.15, 0.2) is 11.5 Å². The maximum absolute atomic E-state index is 12.8. The topological polar surface area (TPSA) is 54.0 Å². The molecule has 2 aromatic carbocycles. The normalized spacial score (nSPS) is 11.0. The molecule has 0 aliphatic heterocycles. The van der Waals surface area contributed by atoms with Gasteiger partial charge in [0.05, 0.1) is 17.2 Å². The van der Waals surface area contributed by atoms with Crippen molar-refractivity contribution in [1.82, 2.24) is 0 Å². The summed E-state index contributed by atoms with van der Waals surface area (Å²) in [5, 5.41) is -0.262. The lowest BCUT2D eigenvalue weighted by Gasteiger charge is -2.16. The first-order valence-corrected chi connectivity index (χ1v) is 8.27. The fraction of sp³-hybridized carbons (Fsp3) is 0.211. The van der Waals surface area contributed by atoms with Crippen LogP contribution in [0.3, 0.4) is 0 Å². The second-order valence-corrected chi connectivity index (χ2v) is 5.70. The van der Waals surface area contributed by atoms with Crippen molar-refractivity contribution in [2.45, 2.75) is 6.18 Å². The number of para-hydroxylation sites is 1. The quantitative estimate of drug-likeness (QED) is 0.254. The summed E-state index contributed by atoms with van der Waals surface area (Å²) in [6.45, 7) is 3.77. The summed E-state index contributed by atoms with van der Waals surface area (Å²) in [7, 11) is 1.49. The molecule has 0 fully saturated rings. The molecule has 0 aliphatic rings. The summed E-state index contributed by atoms with van der Waals surface area (Å²) in [6, 6.07) is 7.18. The first-order valence-electron chi connectivity index (χ1n) is 7.90. The van der Waals surface area contributed by atoms with Crippen molar-refractivity contribution in [2.75, 3.05) is 20.3 Å². The zero-order valence-corrected chi connectivity index (χ0v) is 15.5. The fourth-order valence-electron chi connectivity index (χ4n) is 2.05. The second-order valence-electron chi connectivity index (χ2n) is 5.29. The number of benzene rings is 2. The molecule has 2 rings (SSSR count). The molecule has 150 valence electrons. The summed E-state index contributed by atoms with van der Waals surface area (Å²) in [6.07, 6.45) is -3.59. The van der Waals surface area contributed by atoms with Crippen molar-refractivity contribution >= 4 is 17.6 Å². The van der Waals surface area contributed by atoms with Crippen LogP contribution in [-0.2, 0) is 15.7 Å². The average molecular weight is 417 g/mol. The summed E-state index contributed by atoms with van der Waals surface area (Å²) in [4.78, 5) is 11.7. The van der Waals surface area contributed by atoms with Crippen molar-refractivity contribution in [3.05, 3.63) is 59.6 Å². The number of carbonyl (C=O) groups is 1. The first kappa shape index (κ1) is 21.6. The molecule has 0 aromatic heterocycles. The standard InChI is InChI=1S/C19H16ClF3O5/c1-3-17(24)28-18-15(26-10-9-25-2)5-4-6-16(18)27-14-8-7-12(11-13(14)20)19(21,22)23/h3-8,11H,1,9-10H2,2H3. The molecule has 0 amide bonds. The van der Waals surface area contributed by atoms with Crippen molar-refractivity contribution in [2.24, 2.45) is 0 Å². The van der Waals surface area contributed by atoms with E-state index < -0.39 is 17.7 Å². The van der Waals surface area contributed by atoms with E-state index in [1.165, 1.54) is 19.2 Å². The minimum atomic E-state index is -4.54. The van der Waals surface area contributed by atoms with Crippen LogP contribution in [0, 0.1) is 0 Å². The highest BCUT2D eigenvalue weighted by Crippen LogP contribution is 2.42. The lowest BCUT2D eigenvalue weighted by Crippen LogP contribution is -2.09. The largest absolute Gasteiger partial charge is 0.487 e. The van der Waals surface area contributed by atoms with E-state index in [1.54, 1.807) is 6.07 Å². The summed E-state index contributed by atoms with van der Waals surface area (Å²) in [5.41, 5.74) is -0.917. The molecule has 2 aromatic rings. The van der Waals surface area contributed by atoms with Crippen molar-refractivity contribution in [1.29, 1.82) is 0 Å². The average Bonchev–Trinajstić information content (AvgIpc) is 2.64. The van der Waals surface area contributed by atoms with Gasteiger partial charge in [0.2, 0.25) is 5.75 Å². The van der Waals surface area contributed by atoms with Crippen molar-refractivity contribution < 1.29 is 36.9 Å². The number of hydrogen-bond acceptors (Lipinski definition) is 5. The van der Waals surface area contributed by atoms with Gasteiger partial charge in [0.1, 0.15) is 12.4 Å². The van der Waals surface area contributed by atoms with Gasteiger partial charge < -0.3 is 18.9 Å². The maximum atomic E-state index is 12.8. The van der Waals surface area contributed by atoms with E-state index in [9.17, 15) is 18.0 Å². The van der Waals surface area contributed by atoms with Crippen LogP contribution in [0.25, 0.3) is 0 Å². The Morgan fingerprint density at radius 3 is 2.46 bits per heavy atom. The molecule has 0 aliphatic carbocycles. The van der Waals surface area contributed by atoms with Gasteiger partial charge in [-0.05, 0) is 30.3 Å². The molecule has 0 N–H and O–H groups in total. The summed E-state index contributed by atoms with van der Waals surface area (Å²) in [5.74, 6) is -0.704. The van der Waals surface area contributed by atoms with Gasteiger partial charge in [-0.2, -0.15) is 13.2 Å². The number of carbonyl (C=O) groups excluding carboxylic acids is 1. The van der Waals surface area contributed by atoms with Gasteiger partial charge in [-0.1, -0.05) is 24.2 Å². The third-order valence-corrected chi connectivity index (χ3v) is 3.63. The van der Waals surface area contributed by atoms with Crippen LogP contribution in [0.4, 0.5) is 13.2 Å². The minimum absolute atomic E-state index is 0.0202. The first-order chi connectivity index (χ1) is 13.3. The predicted octanol–water partition coefficient (Wildman–Crippen LogP) is 5.27. The van der Waals surface area contributed by atoms with E-state index in [4.69, 9.17) is 30.5 Å². The number of rotatable bonds is 8. The van der Waals surface area contributed by atoms with E-state index >= 15 is 0 Å². The Balaban J connectivity index is 2.37. The molecular weight excluding hydrogens is 401 g/mol. The summed E-state index contributed by atoms with van der Waals surface area (Å²) < 4.78 is 59.5. The summed E-state index contributed by atoms with van der Waals surface area (Å²) >= 11 is 5.92. The van der Waals surface area contributed by atoms with Crippen LogP contribution in [0.15, 0.2) is 49.1 Å². The Hall–Kier alpha value is -2.71. The Kier molecular flexibility index (Phi) is 7.31. The molecule has 0 saturated carbocycles. The highest BCUT2D eigenvalue weighted by molar-refractivity contribution is 6.32. The Morgan fingerprint density at radius 2 is 1.86 bits per heavy atom. The molecule has 0 radical (unpaired) electrons. The fourth-order valence-corrected chi connectivity index (χ4v) is 2.27. The molecule has 0 bridgehead atoms. The van der Waals surface area contributed by atoms with E-state index in [1.807, 2.05) is 0 Å². The van der Waals surface area contributed by atoms with Crippen LogP contribution in [-0.4, -0.2) is 26.3 Å². The van der Waals surface area contributed by atoms with E-state index in [0.717, 1.165) is 24.3 Å². The van der Waals surface area contributed by atoms with Gasteiger partial charge in [-0.15, -0.1) is 0 Å². The number of esters is 1. The zero-order chi connectivity index (χ0) is 20.7. The predicted molar refractivity (Wildman–Crippen MR) is 96.2 cm³/mol. The lowest BCUT2D eigenvalue weighted by atomic mass is 10.2. The van der Waals surface area contributed by atoms with Gasteiger partial charge in [-0.3, -0.25) is 0 Å². The van der Waals surface area contributed by atoms with Crippen LogP contribution < -0.4 is 14.2 Å². The molecule has 5 nitrogen and oxygen atoms in total. The monoisotopic (exact) mass is 416 g/mol. The third kappa shape index (κ3) is 5.64. The number of hydrogen-bond donors (Lipinski definition) is 0. The van der Waals surface area contributed by atoms with E-state index in [-0.39, 0.29) is 41.2 Å².